The quantitative estimate of drug-likeness (QED) is 0.412. The Kier molecular flexibility index (Phi) is 4.46. The van der Waals surface area contributed by atoms with Gasteiger partial charge in [0.25, 0.3) is 16.1 Å². The summed E-state index contributed by atoms with van der Waals surface area (Å²) in [5.41, 5.74) is 2.20. The van der Waals surface area contributed by atoms with E-state index < -0.39 is 16.1 Å². The largest absolute Gasteiger partial charge is 0.467 e. The Labute approximate surface area is 105 Å². The van der Waals surface area contributed by atoms with E-state index in [0.717, 1.165) is 8.61 Å². The molecule has 0 aromatic carbocycles. The topological polar surface area (TPSA) is 109 Å². The molecule has 1 heterocycles. The fourth-order valence-corrected chi connectivity index (χ4v) is 2.09. The van der Waals surface area contributed by atoms with E-state index in [2.05, 4.69) is 0 Å². The Balaban J connectivity index is 2.80. The summed E-state index contributed by atoms with van der Waals surface area (Å²) in [6.45, 7) is 0.0262. The highest BCUT2D eigenvalue weighted by atomic mass is 32.2. The molecule has 1 aromatic heterocycles. The van der Waals surface area contributed by atoms with E-state index in [9.17, 15) is 13.2 Å². The second-order valence-corrected chi connectivity index (χ2v) is 6.07. The molecule has 102 valence electrons. The van der Waals surface area contributed by atoms with Gasteiger partial charge in [-0.2, -0.15) is 17.0 Å². The van der Waals surface area contributed by atoms with Crippen LogP contribution in [-0.2, 0) is 16.8 Å². The van der Waals surface area contributed by atoms with Crippen LogP contribution in [0.2, 0.25) is 0 Å². The fourth-order valence-electron chi connectivity index (χ4n) is 1.25. The van der Waals surface area contributed by atoms with E-state index in [4.69, 9.17) is 10.3 Å². The minimum atomic E-state index is -3.51. The molecular formula is C9H16N4O4S. The van der Waals surface area contributed by atoms with Gasteiger partial charge in [-0.15, -0.1) is 0 Å². The third kappa shape index (κ3) is 3.07. The van der Waals surface area contributed by atoms with Crippen LogP contribution < -0.4 is 11.3 Å². The Morgan fingerprint density at radius 3 is 2.56 bits per heavy atom. The van der Waals surface area contributed by atoms with Crippen molar-refractivity contribution in [3.63, 3.8) is 0 Å². The highest BCUT2D eigenvalue weighted by molar-refractivity contribution is 7.86. The van der Waals surface area contributed by atoms with Crippen molar-refractivity contribution in [1.29, 1.82) is 0 Å². The molecule has 0 radical (unpaired) electrons. The van der Waals surface area contributed by atoms with Gasteiger partial charge in [0.2, 0.25) is 0 Å². The van der Waals surface area contributed by atoms with Crippen molar-refractivity contribution >= 4 is 16.1 Å². The van der Waals surface area contributed by atoms with Crippen LogP contribution in [0.15, 0.2) is 16.7 Å². The zero-order valence-electron chi connectivity index (χ0n) is 10.4. The predicted octanol–water partition coefficient (Wildman–Crippen LogP) is -0.879. The molecule has 0 saturated carbocycles. The third-order valence-corrected chi connectivity index (χ3v) is 4.12. The van der Waals surface area contributed by atoms with Crippen LogP contribution in [0, 0.1) is 0 Å². The fraction of sp³-hybridized carbons (Fsp3) is 0.444. The highest BCUT2D eigenvalue weighted by Gasteiger charge is 2.22. The highest BCUT2D eigenvalue weighted by Crippen LogP contribution is 2.12. The number of nitrogens with one attached hydrogen (secondary N) is 1. The number of carbonyl (C=O) groups excluding carboxylic acids is 1. The van der Waals surface area contributed by atoms with Gasteiger partial charge in [0, 0.05) is 21.1 Å². The first-order valence-corrected chi connectivity index (χ1v) is 6.41. The molecule has 1 amide bonds. The van der Waals surface area contributed by atoms with Crippen molar-refractivity contribution < 1.29 is 17.6 Å². The summed E-state index contributed by atoms with van der Waals surface area (Å²) >= 11 is 0. The molecule has 1 rings (SSSR count). The average Bonchev–Trinajstić information content (AvgIpc) is 2.76. The summed E-state index contributed by atoms with van der Waals surface area (Å²) in [6, 6.07) is 1.43. The molecule has 0 spiro atoms. The maximum Gasteiger partial charge on any atom is 0.281 e. The van der Waals surface area contributed by atoms with Crippen LogP contribution in [0.5, 0.6) is 0 Å². The Morgan fingerprint density at radius 2 is 2.06 bits per heavy atom. The smallest absolute Gasteiger partial charge is 0.281 e. The second-order valence-electron chi connectivity index (χ2n) is 3.82. The van der Waals surface area contributed by atoms with Gasteiger partial charge in [-0.25, -0.2) is 5.84 Å². The van der Waals surface area contributed by atoms with Gasteiger partial charge in [0.15, 0.2) is 0 Å². The number of hydrogen-bond donors (Lipinski definition) is 2. The number of nitrogen functional groups attached to an aromatic ring is 1. The molecule has 0 aliphatic carbocycles. The number of rotatable bonds is 5. The standard InChI is InChI=1S/C9H16N4O4S/c1-12(2)18(15,16)13(3)5-8-4-7(6-17-8)9(14)11-10/h4,6H,5,10H2,1-3H3,(H,11,14). The number of carbonyl (C=O) groups is 1. The first-order valence-electron chi connectivity index (χ1n) is 5.01. The van der Waals surface area contributed by atoms with E-state index in [1.807, 2.05) is 5.43 Å². The number of nitrogens with zero attached hydrogens (tertiary/aromatic N) is 2. The third-order valence-electron chi connectivity index (χ3n) is 2.28. The molecule has 0 fully saturated rings. The molecule has 0 aliphatic rings. The van der Waals surface area contributed by atoms with Gasteiger partial charge in [-0.1, -0.05) is 0 Å². The van der Waals surface area contributed by atoms with Gasteiger partial charge in [0.1, 0.15) is 12.0 Å². The van der Waals surface area contributed by atoms with E-state index in [-0.39, 0.29) is 12.1 Å². The molecule has 0 bridgehead atoms. The van der Waals surface area contributed by atoms with E-state index in [0.29, 0.717) is 5.76 Å². The maximum absolute atomic E-state index is 11.7. The Morgan fingerprint density at radius 1 is 1.44 bits per heavy atom. The molecular weight excluding hydrogens is 260 g/mol. The van der Waals surface area contributed by atoms with Crippen LogP contribution in [0.25, 0.3) is 0 Å². The summed E-state index contributed by atoms with van der Waals surface area (Å²) < 4.78 is 30.8. The molecule has 1 aromatic rings. The van der Waals surface area contributed by atoms with Crippen molar-refractivity contribution in [3.05, 3.63) is 23.7 Å². The van der Waals surface area contributed by atoms with Crippen molar-refractivity contribution in [2.24, 2.45) is 5.84 Å². The maximum atomic E-state index is 11.7. The van der Waals surface area contributed by atoms with Gasteiger partial charge in [-0.3, -0.25) is 10.2 Å². The lowest BCUT2D eigenvalue weighted by atomic mass is 10.3. The summed E-state index contributed by atoms with van der Waals surface area (Å²) in [5.74, 6) is 4.82. The Hall–Kier alpha value is -1.42. The minimum absolute atomic E-state index is 0.0262. The summed E-state index contributed by atoms with van der Waals surface area (Å²) in [7, 11) is 0.771. The zero-order valence-corrected chi connectivity index (χ0v) is 11.2. The van der Waals surface area contributed by atoms with Gasteiger partial charge < -0.3 is 4.42 Å². The minimum Gasteiger partial charge on any atom is -0.467 e. The van der Waals surface area contributed by atoms with Crippen LogP contribution in [0.1, 0.15) is 16.1 Å². The number of furan rings is 1. The number of amides is 1. The molecule has 0 aliphatic heterocycles. The average molecular weight is 276 g/mol. The lowest BCUT2D eigenvalue weighted by Crippen LogP contribution is -2.36. The SMILES string of the molecule is CN(C)S(=O)(=O)N(C)Cc1cc(C(=O)NN)co1. The molecule has 3 N–H and O–H groups in total. The summed E-state index contributed by atoms with van der Waals surface area (Å²) in [6.07, 6.45) is 1.22. The van der Waals surface area contributed by atoms with E-state index in [1.165, 1.54) is 33.5 Å². The first kappa shape index (κ1) is 14.6. The molecule has 0 atom stereocenters. The van der Waals surface area contributed by atoms with Gasteiger partial charge >= 0.3 is 0 Å². The van der Waals surface area contributed by atoms with Gasteiger partial charge in [-0.05, 0) is 6.07 Å². The van der Waals surface area contributed by atoms with Crippen LogP contribution in [0.3, 0.4) is 0 Å². The van der Waals surface area contributed by atoms with Gasteiger partial charge in [0.05, 0.1) is 12.1 Å². The number of nitrogens with two attached hydrogens (primary N) is 1. The Bertz CT molecular complexity index is 522. The monoisotopic (exact) mass is 276 g/mol. The van der Waals surface area contributed by atoms with E-state index >= 15 is 0 Å². The number of hydrogen-bond acceptors (Lipinski definition) is 5. The lowest BCUT2D eigenvalue weighted by molar-refractivity contribution is 0.0953. The second kappa shape index (κ2) is 5.48. The molecule has 0 saturated heterocycles. The van der Waals surface area contributed by atoms with E-state index in [1.54, 1.807) is 0 Å². The normalized spacial score (nSPS) is 12.1. The molecule has 0 unspecified atom stereocenters. The van der Waals surface area contributed by atoms with Crippen LogP contribution in [-0.4, -0.2) is 44.1 Å². The zero-order chi connectivity index (χ0) is 13.9. The molecule has 18 heavy (non-hydrogen) atoms. The van der Waals surface area contributed by atoms with Crippen LogP contribution >= 0.6 is 0 Å². The first-order chi connectivity index (χ1) is 8.28. The van der Waals surface area contributed by atoms with Crippen molar-refractivity contribution in [3.8, 4) is 0 Å². The predicted molar refractivity (Wildman–Crippen MR) is 64.4 cm³/mol. The molecule has 8 nitrogen and oxygen atoms in total. The lowest BCUT2D eigenvalue weighted by Gasteiger charge is -2.20. The van der Waals surface area contributed by atoms with Crippen molar-refractivity contribution in [2.75, 3.05) is 21.1 Å². The van der Waals surface area contributed by atoms with Crippen molar-refractivity contribution in [2.45, 2.75) is 6.54 Å². The summed E-state index contributed by atoms with van der Waals surface area (Å²) in [5, 5.41) is 0. The van der Waals surface area contributed by atoms with Crippen LogP contribution in [0.4, 0.5) is 0 Å². The molecule has 9 heteroatoms. The summed E-state index contributed by atoms with van der Waals surface area (Å²) in [4.78, 5) is 11.2. The number of hydrazine groups is 1. The van der Waals surface area contributed by atoms with Crippen molar-refractivity contribution in [1.82, 2.24) is 14.0 Å².